The second kappa shape index (κ2) is 15.2. The van der Waals surface area contributed by atoms with Gasteiger partial charge in [0.15, 0.2) is 0 Å². The smallest absolute Gasteiger partial charge is 0.0697 e. The zero-order chi connectivity index (χ0) is 42.3. The van der Waals surface area contributed by atoms with Crippen LogP contribution in [-0.4, -0.2) is 19.9 Å². The topological polar surface area (TPSA) is 57.4 Å². The zero-order valence-corrected chi connectivity index (χ0v) is 37.8. The summed E-state index contributed by atoms with van der Waals surface area (Å²) < 4.78 is 0. The van der Waals surface area contributed by atoms with E-state index in [1.165, 1.54) is 66.8 Å². The van der Waals surface area contributed by atoms with E-state index in [2.05, 4.69) is 190 Å². The van der Waals surface area contributed by atoms with Crippen LogP contribution in [0.1, 0.15) is 152 Å². The van der Waals surface area contributed by atoms with E-state index in [1.54, 1.807) is 0 Å². The lowest BCUT2D eigenvalue weighted by Crippen LogP contribution is -2.16. The molecule has 4 nitrogen and oxygen atoms in total. The number of hydrogen-bond donors (Lipinski definition) is 2. The van der Waals surface area contributed by atoms with Crippen molar-refractivity contribution in [3.63, 3.8) is 0 Å². The van der Waals surface area contributed by atoms with Gasteiger partial charge in [0, 0.05) is 68.0 Å². The molecule has 60 heavy (non-hydrogen) atoms. The van der Waals surface area contributed by atoms with Crippen LogP contribution >= 0.6 is 0 Å². The highest BCUT2D eigenvalue weighted by Gasteiger charge is 2.34. The maximum Gasteiger partial charge on any atom is 0.0697 e. The van der Waals surface area contributed by atoms with E-state index in [-0.39, 0.29) is 23.7 Å². The Bertz CT molecular complexity index is 2680. The Morgan fingerprint density at radius 3 is 0.900 bits per heavy atom. The van der Waals surface area contributed by atoms with Gasteiger partial charge >= 0.3 is 0 Å². The normalized spacial score (nSPS) is 27.7. The maximum atomic E-state index is 5.71. The molecule has 0 aromatic carbocycles. The fourth-order valence-electron chi connectivity index (χ4n) is 12.3. The van der Waals surface area contributed by atoms with Crippen molar-refractivity contribution in [2.24, 2.45) is 23.7 Å². The first-order chi connectivity index (χ1) is 28.7. The quantitative estimate of drug-likeness (QED) is 0.190. The molecule has 2 aliphatic heterocycles. The number of aromatic amines is 2. The van der Waals surface area contributed by atoms with Crippen molar-refractivity contribution in [2.45, 2.75) is 107 Å². The summed E-state index contributed by atoms with van der Waals surface area (Å²) in [6.07, 6.45) is 28.3. The van der Waals surface area contributed by atoms with E-state index in [0.29, 0.717) is 23.7 Å². The zero-order valence-electron chi connectivity index (χ0n) is 37.8. The Morgan fingerprint density at radius 1 is 0.350 bits per heavy atom. The van der Waals surface area contributed by atoms with Crippen LogP contribution < -0.4 is 0 Å². The Labute approximate surface area is 357 Å². The summed E-state index contributed by atoms with van der Waals surface area (Å²) in [7, 11) is 0. The van der Waals surface area contributed by atoms with Gasteiger partial charge in [0.25, 0.3) is 0 Å². The lowest BCUT2D eigenvalue weighted by molar-refractivity contribution is 0.594. The molecule has 5 heterocycles. The van der Waals surface area contributed by atoms with E-state index in [0.717, 1.165) is 44.8 Å². The van der Waals surface area contributed by atoms with Crippen LogP contribution in [0, 0.1) is 23.7 Å². The highest BCUT2D eigenvalue weighted by molar-refractivity contribution is 5.85. The van der Waals surface area contributed by atoms with Gasteiger partial charge in [-0.15, -0.1) is 0 Å². The van der Waals surface area contributed by atoms with Crippen LogP contribution in [0.15, 0.2) is 117 Å². The minimum atomic E-state index is 0.143. The molecule has 2 N–H and O–H groups in total. The molecular formula is C56H62N4. The molecule has 0 spiro atoms. The van der Waals surface area contributed by atoms with Crippen LogP contribution in [-0.2, 0) is 0 Å². The number of H-pyrrole nitrogens is 2. The lowest BCUT2D eigenvalue weighted by Gasteiger charge is -2.29. The molecule has 8 unspecified atom stereocenters. The predicted octanol–water partition coefficient (Wildman–Crippen LogP) is 15.2. The number of rotatable bonds is 4. The molecule has 0 amide bonds. The number of nitrogens with one attached hydrogen (secondary N) is 2. The van der Waals surface area contributed by atoms with Crippen LogP contribution in [0.2, 0.25) is 0 Å². The first kappa shape index (κ1) is 40.0. The van der Waals surface area contributed by atoms with Gasteiger partial charge < -0.3 is 9.97 Å². The van der Waals surface area contributed by atoms with Crippen molar-refractivity contribution >= 4 is 46.4 Å². The number of fused-ring (bicyclic) bond motifs is 8. The average molecular weight is 791 g/mol. The van der Waals surface area contributed by atoms with E-state index < -0.39 is 0 Å². The number of aromatic nitrogens is 4. The molecule has 4 heteroatoms. The summed E-state index contributed by atoms with van der Waals surface area (Å²) >= 11 is 0. The summed E-state index contributed by atoms with van der Waals surface area (Å²) in [5.41, 5.74) is 24.4. The molecule has 3 aromatic heterocycles. The molecule has 8 bridgehead atoms. The maximum absolute atomic E-state index is 5.71. The molecule has 306 valence electrons. The Hall–Kier alpha value is -5.48. The standard InChI is InChI=1S/C56H62N4/c1-29-21-33(5)49(34(6)22-29)53-41-13-15-43(57-41)54(50-35(7)23-30(2)24-36(50)8)45-17-19-47(59-45)56(52-39(11)27-32(4)28-40(52)12)48-20-18-46(60-48)55(44-16-14-42(53)58-44)51-37(9)25-31(3)26-38(51)10/h13-28,33,35,37,39,49-52,57-58H,1-12H3. The van der Waals surface area contributed by atoms with E-state index in [4.69, 9.17) is 9.97 Å². The molecular weight excluding hydrogens is 729 g/mol. The highest BCUT2D eigenvalue weighted by atomic mass is 14.8. The van der Waals surface area contributed by atoms with E-state index in [9.17, 15) is 0 Å². The second-order valence-electron chi connectivity index (χ2n) is 19.2. The molecule has 6 aliphatic rings. The average Bonchev–Trinajstić information content (AvgIpc) is 3.99. The van der Waals surface area contributed by atoms with E-state index >= 15 is 0 Å². The molecule has 3 aromatic rings. The third-order valence-electron chi connectivity index (χ3n) is 14.2. The Kier molecular flexibility index (Phi) is 10.1. The molecule has 0 saturated carbocycles. The van der Waals surface area contributed by atoms with Gasteiger partial charge in [0.2, 0.25) is 0 Å². The molecule has 4 aliphatic carbocycles. The number of hydrogen-bond acceptors (Lipinski definition) is 2. The van der Waals surface area contributed by atoms with Gasteiger partial charge in [0.1, 0.15) is 0 Å². The first-order valence-corrected chi connectivity index (χ1v) is 22.3. The molecule has 0 saturated heterocycles. The molecule has 9 rings (SSSR count). The molecule has 8 atom stereocenters. The summed E-state index contributed by atoms with van der Waals surface area (Å²) in [6, 6.07) is 9.30. The summed E-state index contributed by atoms with van der Waals surface area (Å²) in [5.74, 6) is 1.89. The predicted molar refractivity (Wildman–Crippen MR) is 257 cm³/mol. The van der Waals surface area contributed by atoms with Crippen molar-refractivity contribution in [3.8, 4) is 0 Å². The van der Waals surface area contributed by atoms with Gasteiger partial charge in [-0.05, 0) is 128 Å². The van der Waals surface area contributed by atoms with Gasteiger partial charge in [-0.3, -0.25) is 0 Å². The minimum absolute atomic E-state index is 0.143. The second-order valence-corrected chi connectivity index (χ2v) is 19.2. The summed E-state index contributed by atoms with van der Waals surface area (Å²) in [4.78, 5) is 19.6. The van der Waals surface area contributed by atoms with Crippen molar-refractivity contribution in [1.82, 2.24) is 19.9 Å². The monoisotopic (exact) mass is 790 g/mol. The molecule has 0 fully saturated rings. The van der Waals surface area contributed by atoms with Crippen molar-refractivity contribution in [1.29, 1.82) is 0 Å². The van der Waals surface area contributed by atoms with Crippen LogP contribution in [0.25, 0.3) is 46.4 Å². The van der Waals surface area contributed by atoms with Crippen molar-refractivity contribution in [2.75, 3.05) is 0 Å². The van der Waals surface area contributed by atoms with Crippen molar-refractivity contribution in [3.05, 3.63) is 162 Å². The Balaban J connectivity index is 1.45. The van der Waals surface area contributed by atoms with Crippen LogP contribution in [0.5, 0.6) is 0 Å². The highest BCUT2D eigenvalue weighted by Crippen LogP contribution is 2.47. The Morgan fingerprint density at radius 2 is 0.600 bits per heavy atom. The summed E-state index contributed by atoms with van der Waals surface area (Å²) in [5, 5.41) is 0. The SMILES string of the molecule is CC1=CC(C)C(c2c3nc(c(C4C(C)=CC(C)=CC4C)c4ccc([nH]4)c(C4C(C)=CC(C)=CC4C)c4ccc([nH]4)c(C4C(C)=CC(C)=CC4C)c4nc2C=C4)C=C3)C(C)=C1. The number of allylic oxidation sites excluding steroid dienone is 16. The van der Waals surface area contributed by atoms with Gasteiger partial charge in [-0.25, -0.2) is 9.97 Å². The minimum Gasteiger partial charge on any atom is -0.355 e. The largest absolute Gasteiger partial charge is 0.355 e. The van der Waals surface area contributed by atoms with Gasteiger partial charge in [0.05, 0.1) is 22.8 Å². The number of nitrogens with zero attached hydrogens (tertiary/aromatic N) is 2. The van der Waals surface area contributed by atoms with Crippen LogP contribution in [0.4, 0.5) is 0 Å². The lowest BCUT2D eigenvalue weighted by atomic mass is 9.76. The third-order valence-corrected chi connectivity index (χ3v) is 14.2. The van der Waals surface area contributed by atoms with Crippen molar-refractivity contribution < 1.29 is 0 Å². The summed E-state index contributed by atoms with van der Waals surface area (Å²) in [6.45, 7) is 27.6. The first-order valence-electron chi connectivity index (χ1n) is 22.3. The van der Waals surface area contributed by atoms with Crippen LogP contribution in [0.3, 0.4) is 0 Å². The third kappa shape index (κ3) is 6.86. The van der Waals surface area contributed by atoms with Gasteiger partial charge in [-0.1, -0.05) is 121 Å². The fourth-order valence-corrected chi connectivity index (χ4v) is 12.3. The van der Waals surface area contributed by atoms with E-state index in [1.807, 2.05) is 0 Å². The van der Waals surface area contributed by atoms with Gasteiger partial charge in [-0.2, -0.15) is 0 Å². The fraction of sp³-hybridized carbons (Fsp3) is 0.357. The molecule has 0 radical (unpaired) electrons.